The first kappa shape index (κ1) is 15.1. The molecule has 1 aromatic heterocycles. The number of pyridine rings is 1. The fourth-order valence-corrected chi connectivity index (χ4v) is 1.75. The Labute approximate surface area is 113 Å². The fourth-order valence-electron chi connectivity index (χ4n) is 1.75. The minimum absolute atomic E-state index is 0.303. The topological polar surface area (TPSA) is 86.5 Å². The summed E-state index contributed by atoms with van der Waals surface area (Å²) in [6.45, 7) is 8.65. The minimum Gasteiger partial charge on any atom is -0.476 e. The summed E-state index contributed by atoms with van der Waals surface area (Å²) >= 11 is 0. The molecule has 1 rings (SSSR count). The van der Waals surface area contributed by atoms with E-state index in [1.54, 1.807) is 13.8 Å². The molecular weight excluding hydrogens is 246 g/mol. The molecule has 0 fully saturated rings. The van der Waals surface area contributed by atoms with Crippen LogP contribution in [0, 0.1) is 6.92 Å². The van der Waals surface area contributed by atoms with Gasteiger partial charge in [-0.3, -0.25) is 0 Å². The summed E-state index contributed by atoms with van der Waals surface area (Å²) in [4.78, 5) is 16.2. The van der Waals surface area contributed by atoms with Crippen molar-refractivity contribution in [2.45, 2.75) is 27.7 Å². The first-order valence-corrected chi connectivity index (χ1v) is 6.40. The predicted molar refractivity (Wildman–Crippen MR) is 74.7 cm³/mol. The average Bonchev–Trinajstić information content (AvgIpc) is 2.36. The summed E-state index contributed by atoms with van der Waals surface area (Å²) in [5, 5.41) is 3.08. The van der Waals surface area contributed by atoms with Gasteiger partial charge < -0.3 is 20.5 Å². The molecule has 3 N–H and O–H groups in total. The van der Waals surface area contributed by atoms with Gasteiger partial charge in [0.2, 0.25) is 5.88 Å². The predicted octanol–water partition coefficient (Wildman–Crippen LogP) is 1.98. The molecule has 0 saturated carbocycles. The average molecular weight is 267 g/mol. The zero-order chi connectivity index (χ0) is 14.4. The van der Waals surface area contributed by atoms with Gasteiger partial charge in [0.15, 0.2) is 0 Å². The lowest BCUT2D eigenvalue weighted by molar-refractivity contribution is 0.0526. The van der Waals surface area contributed by atoms with Crippen LogP contribution in [0.1, 0.15) is 36.8 Å². The zero-order valence-corrected chi connectivity index (χ0v) is 11.9. The van der Waals surface area contributed by atoms with Crippen LogP contribution in [0.2, 0.25) is 0 Å². The number of carbonyl (C=O) groups excluding carboxylic acids is 1. The molecule has 1 aromatic rings. The second-order valence-electron chi connectivity index (χ2n) is 3.85. The van der Waals surface area contributed by atoms with Crippen molar-refractivity contribution < 1.29 is 14.3 Å². The number of nitrogens with one attached hydrogen (secondary N) is 1. The number of hydrogen-bond acceptors (Lipinski definition) is 6. The van der Waals surface area contributed by atoms with E-state index in [4.69, 9.17) is 15.2 Å². The van der Waals surface area contributed by atoms with Crippen LogP contribution in [0.5, 0.6) is 5.88 Å². The van der Waals surface area contributed by atoms with Gasteiger partial charge in [0.05, 0.1) is 24.6 Å². The molecule has 0 saturated heterocycles. The maximum atomic E-state index is 12.0. The Morgan fingerprint density at radius 2 is 2.00 bits per heavy atom. The van der Waals surface area contributed by atoms with Crippen LogP contribution in [0.15, 0.2) is 0 Å². The normalized spacial score (nSPS) is 10.1. The number of nitrogen functional groups attached to an aromatic ring is 1. The summed E-state index contributed by atoms with van der Waals surface area (Å²) in [6, 6.07) is 0. The van der Waals surface area contributed by atoms with Crippen molar-refractivity contribution in [2.75, 3.05) is 30.8 Å². The van der Waals surface area contributed by atoms with Crippen molar-refractivity contribution in [2.24, 2.45) is 0 Å². The van der Waals surface area contributed by atoms with Gasteiger partial charge in [0, 0.05) is 6.54 Å². The number of nitrogens with two attached hydrogens (primary N) is 1. The van der Waals surface area contributed by atoms with Crippen molar-refractivity contribution in [1.82, 2.24) is 4.98 Å². The van der Waals surface area contributed by atoms with Crippen LogP contribution >= 0.6 is 0 Å². The number of anilines is 2. The first-order valence-electron chi connectivity index (χ1n) is 6.40. The van der Waals surface area contributed by atoms with Gasteiger partial charge in [0.1, 0.15) is 11.3 Å². The third-order valence-electron chi connectivity index (χ3n) is 2.49. The van der Waals surface area contributed by atoms with Crippen LogP contribution in [0.25, 0.3) is 0 Å². The van der Waals surface area contributed by atoms with Crippen molar-refractivity contribution in [3.8, 4) is 5.88 Å². The molecular formula is C13H21N3O3. The molecule has 0 aliphatic rings. The molecule has 6 heteroatoms. The molecule has 19 heavy (non-hydrogen) atoms. The first-order chi connectivity index (χ1) is 9.06. The van der Waals surface area contributed by atoms with Gasteiger partial charge in [-0.25, -0.2) is 9.78 Å². The lowest BCUT2D eigenvalue weighted by atomic mass is 10.1. The van der Waals surface area contributed by atoms with Crippen LogP contribution in [0.3, 0.4) is 0 Å². The van der Waals surface area contributed by atoms with E-state index in [9.17, 15) is 4.79 Å². The molecule has 0 unspecified atom stereocenters. The van der Waals surface area contributed by atoms with E-state index < -0.39 is 5.97 Å². The van der Waals surface area contributed by atoms with Gasteiger partial charge in [-0.2, -0.15) is 0 Å². The van der Waals surface area contributed by atoms with Crippen LogP contribution in [-0.4, -0.2) is 30.7 Å². The van der Waals surface area contributed by atoms with E-state index in [0.717, 1.165) is 0 Å². The lowest BCUT2D eigenvalue weighted by Gasteiger charge is -2.17. The number of aromatic nitrogens is 1. The van der Waals surface area contributed by atoms with E-state index >= 15 is 0 Å². The highest BCUT2D eigenvalue weighted by atomic mass is 16.5. The van der Waals surface area contributed by atoms with E-state index in [1.807, 2.05) is 13.8 Å². The second-order valence-corrected chi connectivity index (χ2v) is 3.85. The van der Waals surface area contributed by atoms with E-state index in [-0.39, 0.29) is 0 Å². The molecule has 6 nitrogen and oxygen atoms in total. The fraction of sp³-hybridized carbons (Fsp3) is 0.538. The monoisotopic (exact) mass is 267 g/mol. The highest BCUT2D eigenvalue weighted by Gasteiger charge is 2.22. The van der Waals surface area contributed by atoms with Gasteiger partial charge in [0.25, 0.3) is 0 Å². The number of ether oxygens (including phenoxy) is 2. The Balaban J connectivity index is 3.36. The molecule has 0 aliphatic heterocycles. The number of carbonyl (C=O) groups is 1. The maximum Gasteiger partial charge on any atom is 0.342 e. The van der Waals surface area contributed by atoms with Crippen LogP contribution in [0.4, 0.5) is 11.4 Å². The Hall–Kier alpha value is -1.98. The highest BCUT2D eigenvalue weighted by Crippen LogP contribution is 2.33. The molecule has 0 aromatic carbocycles. The molecule has 0 radical (unpaired) electrons. The minimum atomic E-state index is -0.432. The van der Waals surface area contributed by atoms with E-state index in [1.165, 1.54) is 0 Å². The van der Waals surface area contributed by atoms with Gasteiger partial charge in [-0.05, 0) is 27.7 Å². The van der Waals surface area contributed by atoms with Gasteiger partial charge >= 0.3 is 5.97 Å². The van der Waals surface area contributed by atoms with Crippen LogP contribution < -0.4 is 15.8 Å². The third kappa shape index (κ3) is 3.27. The van der Waals surface area contributed by atoms with Crippen molar-refractivity contribution in [3.63, 3.8) is 0 Å². The largest absolute Gasteiger partial charge is 0.476 e. The van der Waals surface area contributed by atoms with E-state index in [0.29, 0.717) is 48.3 Å². The zero-order valence-electron chi connectivity index (χ0n) is 11.9. The molecule has 1 heterocycles. The van der Waals surface area contributed by atoms with Gasteiger partial charge in [-0.1, -0.05) is 0 Å². The standard InChI is InChI=1S/C13H21N3O3/c1-5-15-11-9(13(17)19-7-3)8(4)16-12(10(11)14)18-6-2/h5-7,14H2,1-4H3,(H,15,16). The summed E-state index contributed by atoms with van der Waals surface area (Å²) in [5.74, 6) is -0.0952. The molecule has 0 bridgehead atoms. The number of nitrogens with zero attached hydrogens (tertiary/aromatic N) is 1. The van der Waals surface area contributed by atoms with Crippen LogP contribution in [-0.2, 0) is 4.74 Å². The molecule has 0 aliphatic carbocycles. The third-order valence-corrected chi connectivity index (χ3v) is 2.49. The Bertz CT molecular complexity index is 461. The summed E-state index contributed by atoms with van der Waals surface area (Å²) in [7, 11) is 0. The SMILES string of the molecule is CCNc1c(N)c(OCC)nc(C)c1C(=O)OCC. The molecule has 0 amide bonds. The summed E-state index contributed by atoms with van der Waals surface area (Å²) in [5.41, 5.74) is 7.76. The Kier molecular flexibility index (Phi) is 5.41. The number of aryl methyl sites for hydroxylation is 1. The maximum absolute atomic E-state index is 12.0. The summed E-state index contributed by atoms with van der Waals surface area (Å²) < 4.78 is 10.4. The second kappa shape index (κ2) is 6.82. The lowest BCUT2D eigenvalue weighted by Crippen LogP contribution is -2.16. The molecule has 0 atom stereocenters. The van der Waals surface area contributed by atoms with Crippen molar-refractivity contribution in [1.29, 1.82) is 0 Å². The smallest absolute Gasteiger partial charge is 0.342 e. The highest BCUT2D eigenvalue weighted by molar-refractivity contribution is 6.00. The number of esters is 1. The molecule has 106 valence electrons. The quantitative estimate of drug-likeness (QED) is 0.766. The summed E-state index contributed by atoms with van der Waals surface area (Å²) in [6.07, 6.45) is 0. The van der Waals surface area contributed by atoms with Gasteiger partial charge in [-0.15, -0.1) is 0 Å². The van der Waals surface area contributed by atoms with Crippen molar-refractivity contribution in [3.05, 3.63) is 11.3 Å². The van der Waals surface area contributed by atoms with Crippen molar-refractivity contribution >= 4 is 17.3 Å². The molecule has 0 spiro atoms. The van der Waals surface area contributed by atoms with E-state index in [2.05, 4.69) is 10.3 Å². The Morgan fingerprint density at radius 3 is 2.53 bits per heavy atom. The number of hydrogen-bond donors (Lipinski definition) is 2. The Morgan fingerprint density at radius 1 is 1.32 bits per heavy atom. The number of rotatable bonds is 6.